The van der Waals surface area contributed by atoms with Crippen LogP contribution in [-0.4, -0.2) is 50.0 Å². The maximum atomic E-state index is 13.7. The van der Waals surface area contributed by atoms with E-state index in [2.05, 4.69) is 5.32 Å². The fourth-order valence-corrected chi connectivity index (χ4v) is 5.20. The zero-order chi connectivity index (χ0) is 25.6. The van der Waals surface area contributed by atoms with Crippen LogP contribution in [-0.2, 0) is 26.2 Å². The van der Waals surface area contributed by atoms with E-state index in [-0.39, 0.29) is 29.2 Å². The van der Waals surface area contributed by atoms with Gasteiger partial charge < -0.3 is 10.2 Å². The van der Waals surface area contributed by atoms with Crippen molar-refractivity contribution in [1.82, 2.24) is 10.2 Å². The number of hydrogen-bond donors (Lipinski definition) is 1. The smallest absolute Gasteiger partial charge is 0.244 e. The summed E-state index contributed by atoms with van der Waals surface area (Å²) >= 11 is 5.85. The van der Waals surface area contributed by atoms with Gasteiger partial charge in [0, 0.05) is 12.6 Å². The van der Waals surface area contributed by atoms with Crippen LogP contribution < -0.4 is 9.62 Å². The van der Waals surface area contributed by atoms with Crippen molar-refractivity contribution < 1.29 is 22.4 Å². The van der Waals surface area contributed by atoms with Crippen molar-refractivity contribution in [1.29, 1.82) is 0 Å². The predicted octanol–water partition coefficient (Wildman–Crippen LogP) is 4.11. The van der Waals surface area contributed by atoms with Crippen molar-refractivity contribution >= 4 is 39.1 Å². The molecular weight excluding hydrogens is 493 g/mol. The van der Waals surface area contributed by atoms with E-state index in [9.17, 15) is 22.4 Å². The van der Waals surface area contributed by atoms with E-state index in [1.54, 1.807) is 6.92 Å². The molecule has 1 unspecified atom stereocenters. The minimum atomic E-state index is -3.91. The normalized spacial score (nSPS) is 15.3. The largest absolute Gasteiger partial charge is 0.352 e. The number of nitrogens with one attached hydrogen (secondary N) is 1. The maximum absolute atomic E-state index is 13.7. The zero-order valence-electron chi connectivity index (χ0n) is 19.9. The molecule has 2 amide bonds. The number of nitrogens with zero attached hydrogens (tertiary/aromatic N) is 2. The molecule has 0 aromatic heterocycles. The van der Waals surface area contributed by atoms with Gasteiger partial charge in [-0.15, -0.1) is 0 Å². The van der Waals surface area contributed by atoms with Gasteiger partial charge in [0.2, 0.25) is 21.8 Å². The summed E-state index contributed by atoms with van der Waals surface area (Å²) in [6, 6.07) is 11.9. The highest BCUT2D eigenvalue weighted by atomic mass is 35.5. The predicted molar refractivity (Wildman–Crippen MR) is 135 cm³/mol. The van der Waals surface area contributed by atoms with Crippen molar-refractivity contribution in [3.63, 3.8) is 0 Å². The Morgan fingerprint density at radius 2 is 1.77 bits per heavy atom. The van der Waals surface area contributed by atoms with Gasteiger partial charge in [-0.05, 0) is 43.5 Å². The van der Waals surface area contributed by atoms with E-state index in [4.69, 9.17) is 11.6 Å². The number of anilines is 1. The van der Waals surface area contributed by atoms with Crippen LogP contribution in [0.25, 0.3) is 0 Å². The Morgan fingerprint density at radius 3 is 2.37 bits per heavy atom. The molecule has 1 N–H and O–H groups in total. The quantitative estimate of drug-likeness (QED) is 0.536. The average Bonchev–Trinajstić information content (AvgIpc) is 2.83. The van der Waals surface area contributed by atoms with Gasteiger partial charge >= 0.3 is 0 Å². The number of amides is 2. The lowest BCUT2D eigenvalue weighted by molar-refractivity contribution is -0.139. The fraction of sp³-hybridized carbons (Fsp3) is 0.440. The molecule has 3 rings (SSSR count). The van der Waals surface area contributed by atoms with Crippen LogP contribution in [0, 0.1) is 5.82 Å². The topological polar surface area (TPSA) is 86.8 Å². The molecular formula is C25H31ClFN3O4S. The van der Waals surface area contributed by atoms with Crippen LogP contribution in [0.4, 0.5) is 10.1 Å². The number of halogens is 2. The molecule has 1 atom stereocenters. The summed E-state index contributed by atoms with van der Waals surface area (Å²) in [7, 11) is -3.91. The molecule has 190 valence electrons. The molecule has 0 saturated heterocycles. The third kappa shape index (κ3) is 7.41. The lowest BCUT2D eigenvalue weighted by Gasteiger charge is -2.33. The van der Waals surface area contributed by atoms with E-state index < -0.39 is 34.3 Å². The van der Waals surface area contributed by atoms with Gasteiger partial charge in [-0.2, -0.15) is 0 Å². The average molecular weight is 524 g/mol. The SMILES string of the molecule is CC(C(=O)NC1CCCCC1)N(Cc1ccccc1)C(=O)CN(c1ccc(F)c(Cl)c1)S(C)(=O)=O. The molecule has 0 radical (unpaired) electrons. The van der Waals surface area contributed by atoms with E-state index in [1.165, 1.54) is 11.0 Å². The minimum Gasteiger partial charge on any atom is -0.352 e. The summed E-state index contributed by atoms with van der Waals surface area (Å²) in [5.41, 5.74) is 0.861. The summed E-state index contributed by atoms with van der Waals surface area (Å²) in [6.07, 6.45) is 6.01. The highest BCUT2D eigenvalue weighted by Crippen LogP contribution is 2.25. The Kier molecular flexibility index (Phi) is 9.13. The molecule has 7 nitrogen and oxygen atoms in total. The standard InChI is InChI=1S/C25H31ClFN3O4S/c1-18(25(32)28-20-11-7-4-8-12-20)29(16-19-9-5-3-6-10-19)24(31)17-30(35(2,33)34)21-13-14-23(27)22(26)15-21/h3,5-6,9-10,13-15,18,20H,4,7-8,11-12,16-17H2,1-2H3,(H,28,32). The Labute approximate surface area is 211 Å². The number of sulfonamides is 1. The molecule has 10 heteroatoms. The first kappa shape index (κ1) is 26.9. The zero-order valence-corrected chi connectivity index (χ0v) is 21.5. The van der Waals surface area contributed by atoms with Crippen LogP contribution in [0.15, 0.2) is 48.5 Å². The number of carbonyl (C=O) groups is 2. The lowest BCUT2D eigenvalue weighted by atomic mass is 9.95. The molecule has 1 aliphatic rings. The first-order chi connectivity index (χ1) is 16.6. The Bertz CT molecular complexity index is 1140. The van der Waals surface area contributed by atoms with Crippen LogP contribution in [0.3, 0.4) is 0 Å². The second-order valence-corrected chi connectivity index (χ2v) is 11.2. The molecule has 2 aromatic rings. The number of carbonyl (C=O) groups excluding carboxylic acids is 2. The third-order valence-electron chi connectivity index (χ3n) is 6.18. The van der Waals surface area contributed by atoms with E-state index >= 15 is 0 Å². The van der Waals surface area contributed by atoms with Gasteiger partial charge in [0.05, 0.1) is 17.0 Å². The van der Waals surface area contributed by atoms with E-state index in [0.717, 1.165) is 60.4 Å². The first-order valence-electron chi connectivity index (χ1n) is 11.6. The second-order valence-electron chi connectivity index (χ2n) is 8.89. The van der Waals surface area contributed by atoms with Crippen molar-refractivity contribution in [3.05, 3.63) is 64.9 Å². The van der Waals surface area contributed by atoms with Gasteiger partial charge in [-0.1, -0.05) is 61.2 Å². The maximum Gasteiger partial charge on any atom is 0.244 e. The first-order valence-corrected chi connectivity index (χ1v) is 13.9. The fourth-order valence-electron chi connectivity index (χ4n) is 4.19. The third-order valence-corrected chi connectivity index (χ3v) is 7.62. The van der Waals surface area contributed by atoms with Gasteiger partial charge in [0.15, 0.2) is 0 Å². The van der Waals surface area contributed by atoms with Gasteiger partial charge in [0.25, 0.3) is 0 Å². The summed E-state index contributed by atoms with van der Waals surface area (Å²) in [4.78, 5) is 28.0. The molecule has 0 bridgehead atoms. The Hall–Kier alpha value is -2.65. The van der Waals surface area contributed by atoms with Crippen molar-refractivity contribution in [2.24, 2.45) is 0 Å². The van der Waals surface area contributed by atoms with E-state index in [1.807, 2.05) is 30.3 Å². The van der Waals surface area contributed by atoms with E-state index in [0.29, 0.717) is 0 Å². The molecule has 2 aromatic carbocycles. The lowest BCUT2D eigenvalue weighted by Crippen LogP contribution is -2.52. The second kappa shape index (κ2) is 11.9. The molecule has 0 heterocycles. The highest BCUT2D eigenvalue weighted by Gasteiger charge is 2.31. The van der Waals surface area contributed by atoms with Gasteiger partial charge in [-0.25, -0.2) is 12.8 Å². The van der Waals surface area contributed by atoms with Crippen LogP contribution in [0.1, 0.15) is 44.6 Å². The van der Waals surface area contributed by atoms with Gasteiger partial charge in [0.1, 0.15) is 18.4 Å². The Balaban J connectivity index is 1.86. The monoisotopic (exact) mass is 523 g/mol. The Morgan fingerprint density at radius 1 is 1.11 bits per heavy atom. The van der Waals surface area contributed by atoms with Crippen LogP contribution in [0.2, 0.25) is 5.02 Å². The van der Waals surface area contributed by atoms with Crippen LogP contribution >= 0.6 is 11.6 Å². The summed E-state index contributed by atoms with van der Waals surface area (Å²) in [5.74, 6) is -1.54. The summed E-state index contributed by atoms with van der Waals surface area (Å²) < 4.78 is 39.6. The van der Waals surface area contributed by atoms with Gasteiger partial charge in [-0.3, -0.25) is 13.9 Å². The molecule has 1 fully saturated rings. The molecule has 35 heavy (non-hydrogen) atoms. The van der Waals surface area contributed by atoms with Crippen molar-refractivity contribution in [2.75, 3.05) is 17.1 Å². The number of benzene rings is 2. The van der Waals surface area contributed by atoms with Crippen LogP contribution in [0.5, 0.6) is 0 Å². The van der Waals surface area contributed by atoms with Crippen molar-refractivity contribution in [3.8, 4) is 0 Å². The number of rotatable bonds is 9. The molecule has 1 aliphatic carbocycles. The summed E-state index contributed by atoms with van der Waals surface area (Å²) in [6.45, 7) is 1.20. The minimum absolute atomic E-state index is 0.0613. The van der Waals surface area contributed by atoms with Crippen molar-refractivity contribution in [2.45, 2.75) is 57.7 Å². The highest BCUT2D eigenvalue weighted by molar-refractivity contribution is 7.92. The number of hydrogen-bond acceptors (Lipinski definition) is 4. The molecule has 0 spiro atoms. The molecule has 1 saturated carbocycles. The summed E-state index contributed by atoms with van der Waals surface area (Å²) in [5, 5.41) is 2.79. The molecule has 0 aliphatic heterocycles.